The predicted octanol–water partition coefficient (Wildman–Crippen LogP) is 0.944. The topological polar surface area (TPSA) is 43.8 Å². The third-order valence-corrected chi connectivity index (χ3v) is 3.04. The lowest BCUT2D eigenvalue weighted by molar-refractivity contribution is -0.136. The number of amides is 1. The average Bonchev–Trinajstić information content (AvgIpc) is 2.22. The first kappa shape index (κ1) is 15.4. The highest BCUT2D eigenvalue weighted by Crippen LogP contribution is 2.05. The second kappa shape index (κ2) is 6.86. The van der Waals surface area contributed by atoms with E-state index in [-0.39, 0.29) is 24.1 Å². The molecule has 0 bridgehead atoms. The van der Waals surface area contributed by atoms with Crippen LogP contribution in [0.4, 0.5) is 0 Å². The molecule has 1 N–H and O–H groups in total. The second-order valence-electron chi connectivity index (χ2n) is 4.84. The average molecular weight is 230 g/mol. The lowest BCUT2D eigenvalue weighted by Gasteiger charge is -2.30. The van der Waals surface area contributed by atoms with E-state index in [1.54, 1.807) is 11.8 Å². The van der Waals surface area contributed by atoms with Gasteiger partial charge in [-0.25, -0.2) is 0 Å². The van der Waals surface area contributed by atoms with Crippen LogP contribution in [-0.4, -0.2) is 59.6 Å². The first-order valence-electron chi connectivity index (χ1n) is 5.92. The zero-order chi connectivity index (χ0) is 12.9. The van der Waals surface area contributed by atoms with Gasteiger partial charge in [-0.3, -0.25) is 9.69 Å². The molecule has 0 aromatic heterocycles. The molecule has 0 heterocycles. The van der Waals surface area contributed by atoms with E-state index >= 15 is 0 Å². The normalized spacial score (nSPS) is 15.3. The predicted molar refractivity (Wildman–Crippen MR) is 66.3 cm³/mol. The standard InChI is InChI=1S/C12H26N2O2/c1-9(2)14(6)12(16)11(4)13(5)8-7-10(3)15/h9-11,15H,7-8H2,1-6H3. The van der Waals surface area contributed by atoms with Crippen molar-refractivity contribution in [3.8, 4) is 0 Å². The number of carbonyl (C=O) groups is 1. The summed E-state index contributed by atoms with van der Waals surface area (Å²) in [5.74, 6) is 0.128. The summed E-state index contributed by atoms with van der Waals surface area (Å²) in [6.45, 7) is 8.40. The van der Waals surface area contributed by atoms with E-state index in [1.165, 1.54) is 0 Å². The van der Waals surface area contributed by atoms with Crippen LogP contribution in [0.2, 0.25) is 0 Å². The van der Waals surface area contributed by atoms with Crippen LogP contribution in [-0.2, 0) is 4.79 Å². The zero-order valence-electron chi connectivity index (χ0n) is 11.4. The van der Waals surface area contributed by atoms with Crippen LogP contribution in [0, 0.1) is 0 Å². The summed E-state index contributed by atoms with van der Waals surface area (Å²) in [5, 5.41) is 9.20. The van der Waals surface area contributed by atoms with Gasteiger partial charge in [-0.1, -0.05) is 0 Å². The molecule has 1 amide bonds. The Morgan fingerprint density at radius 2 is 1.69 bits per heavy atom. The summed E-state index contributed by atoms with van der Waals surface area (Å²) in [5.41, 5.74) is 0. The molecule has 2 unspecified atom stereocenters. The maximum atomic E-state index is 12.0. The van der Waals surface area contributed by atoms with Crippen molar-refractivity contribution in [1.29, 1.82) is 0 Å². The van der Waals surface area contributed by atoms with E-state index in [0.717, 1.165) is 6.54 Å². The second-order valence-corrected chi connectivity index (χ2v) is 4.84. The van der Waals surface area contributed by atoms with Crippen molar-refractivity contribution in [1.82, 2.24) is 9.80 Å². The lowest BCUT2D eigenvalue weighted by Crippen LogP contribution is -2.46. The molecule has 0 aliphatic rings. The molecule has 0 aromatic carbocycles. The number of aliphatic hydroxyl groups excluding tert-OH is 1. The molecule has 16 heavy (non-hydrogen) atoms. The highest BCUT2D eigenvalue weighted by molar-refractivity contribution is 5.81. The van der Waals surface area contributed by atoms with Gasteiger partial charge in [-0.15, -0.1) is 0 Å². The monoisotopic (exact) mass is 230 g/mol. The highest BCUT2D eigenvalue weighted by atomic mass is 16.3. The van der Waals surface area contributed by atoms with Gasteiger partial charge in [0, 0.05) is 19.6 Å². The van der Waals surface area contributed by atoms with Gasteiger partial charge in [0.25, 0.3) is 0 Å². The van der Waals surface area contributed by atoms with Gasteiger partial charge in [-0.2, -0.15) is 0 Å². The molecular formula is C12H26N2O2. The number of carbonyl (C=O) groups excluding carboxylic acids is 1. The number of hydrogen-bond acceptors (Lipinski definition) is 3. The Morgan fingerprint density at radius 3 is 2.06 bits per heavy atom. The van der Waals surface area contributed by atoms with Gasteiger partial charge in [0.15, 0.2) is 0 Å². The van der Waals surface area contributed by atoms with E-state index in [2.05, 4.69) is 0 Å². The molecular weight excluding hydrogens is 204 g/mol. The number of likely N-dealkylation sites (N-methyl/N-ethyl adjacent to an activating group) is 2. The number of aliphatic hydroxyl groups is 1. The third-order valence-electron chi connectivity index (χ3n) is 3.04. The van der Waals surface area contributed by atoms with Crippen molar-refractivity contribution >= 4 is 5.91 Å². The largest absolute Gasteiger partial charge is 0.393 e. The van der Waals surface area contributed by atoms with Crippen LogP contribution in [0.3, 0.4) is 0 Å². The van der Waals surface area contributed by atoms with Crippen molar-refractivity contribution in [3.63, 3.8) is 0 Å². The summed E-state index contributed by atoms with van der Waals surface area (Å²) in [6.07, 6.45) is 0.382. The summed E-state index contributed by atoms with van der Waals surface area (Å²) in [4.78, 5) is 15.7. The summed E-state index contributed by atoms with van der Waals surface area (Å²) in [6, 6.07) is 0.0891. The molecule has 2 atom stereocenters. The van der Waals surface area contributed by atoms with Gasteiger partial charge in [0.1, 0.15) is 0 Å². The van der Waals surface area contributed by atoms with Gasteiger partial charge in [-0.05, 0) is 41.2 Å². The van der Waals surface area contributed by atoms with Gasteiger partial charge < -0.3 is 10.0 Å². The molecule has 4 nitrogen and oxygen atoms in total. The Morgan fingerprint density at radius 1 is 1.19 bits per heavy atom. The molecule has 0 saturated carbocycles. The maximum absolute atomic E-state index is 12.0. The maximum Gasteiger partial charge on any atom is 0.239 e. The minimum absolute atomic E-state index is 0.128. The lowest BCUT2D eigenvalue weighted by atomic mass is 10.2. The van der Waals surface area contributed by atoms with Crippen LogP contribution < -0.4 is 0 Å². The van der Waals surface area contributed by atoms with Gasteiger partial charge >= 0.3 is 0 Å². The Kier molecular flexibility index (Phi) is 6.60. The Labute approximate surface area is 99.2 Å². The number of rotatable bonds is 6. The van der Waals surface area contributed by atoms with E-state index in [1.807, 2.05) is 39.8 Å². The smallest absolute Gasteiger partial charge is 0.239 e. The number of nitrogens with zero attached hydrogens (tertiary/aromatic N) is 2. The van der Waals surface area contributed by atoms with Crippen molar-refractivity contribution < 1.29 is 9.90 Å². The van der Waals surface area contributed by atoms with E-state index < -0.39 is 0 Å². The number of hydrogen-bond donors (Lipinski definition) is 1. The molecule has 0 rings (SSSR count). The minimum Gasteiger partial charge on any atom is -0.393 e. The highest BCUT2D eigenvalue weighted by Gasteiger charge is 2.22. The van der Waals surface area contributed by atoms with Crippen molar-refractivity contribution in [3.05, 3.63) is 0 Å². The van der Waals surface area contributed by atoms with Crippen molar-refractivity contribution in [2.24, 2.45) is 0 Å². The SMILES string of the molecule is CC(O)CCN(C)C(C)C(=O)N(C)C(C)C. The van der Waals surface area contributed by atoms with Gasteiger partial charge in [0.2, 0.25) is 5.91 Å². The Bertz CT molecular complexity index is 217. The zero-order valence-corrected chi connectivity index (χ0v) is 11.4. The fourth-order valence-electron chi connectivity index (χ4n) is 1.32. The van der Waals surface area contributed by atoms with Crippen molar-refractivity contribution in [2.75, 3.05) is 20.6 Å². The fourth-order valence-corrected chi connectivity index (χ4v) is 1.32. The van der Waals surface area contributed by atoms with Crippen LogP contribution in [0.1, 0.15) is 34.1 Å². The van der Waals surface area contributed by atoms with Gasteiger partial charge in [0.05, 0.1) is 12.1 Å². The first-order chi connectivity index (χ1) is 7.27. The van der Waals surface area contributed by atoms with Crippen LogP contribution in [0.25, 0.3) is 0 Å². The third kappa shape index (κ3) is 4.94. The summed E-state index contributed by atoms with van der Waals surface area (Å²) >= 11 is 0. The van der Waals surface area contributed by atoms with Crippen molar-refractivity contribution in [2.45, 2.75) is 52.3 Å². The Hall–Kier alpha value is -0.610. The molecule has 4 heteroatoms. The quantitative estimate of drug-likeness (QED) is 0.738. The molecule has 0 aliphatic carbocycles. The molecule has 0 aliphatic heterocycles. The summed E-state index contributed by atoms with van der Waals surface area (Å²) in [7, 11) is 3.74. The van der Waals surface area contributed by atoms with E-state index in [4.69, 9.17) is 0 Å². The van der Waals surface area contributed by atoms with Crippen LogP contribution >= 0.6 is 0 Å². The molecule has 0 aromatic rings. The fraction of sp³-hybridized carbons (Fsp3) is 0.917. The molecule has 0 spiro atoms. The Balaban J connectivity index is 4.21. The summed E-state index contributed by atoms with van der Waals surface area (Å²) < 4.78 is 0. The van der Waals surface area contributed by atoms with Crippen LogP contribution in [0.5, 0.6) is 0 Å². The molecule has 0 fully saturated rings. The molecule has 0 saturated heterocycles. The van der Waals surface area contributed by atoms with Crippen LogP contribution in [0.15, 0.2) is 0 Å². The minimum atomic E-state index is -0.312. The van der Waals surface area contributed by atoms with E-state index in [0.29, 0.717) is 6.42 Å². The molecule has 0 radical (unpaired) electrons. The van der Waals surface area contributed by atoms with E-state index in [9.17, 15) is 9.90 Å². The first-order valence-corrected chi connectivity index (χ1v) is 5.92. The molecule has 96 valence electrons.